The Balaban J connectivity index is 1.30. The van der Waals surface area contributed by atoms with Gasteiger partial charge >= 0.3 is 0 Å². The molecule has 8 heteroatoms. The van der Waals surface area contributed by atoms with Gasteiger partial charge in [-0.25, -0.2) is 0 Å². The van der Waals surface area contributed by atoms with Gasteiger partial charge in [-0.2, -0.15) is 0 Å². The smallest absolute Gasteiger partial charge is 0.251 e. The standard InChI is InChI=1S/C24H30N4O4/c1-31-20-9-8-18(16-21(20)32-2)22(29)25-12-15-27-13-10-24(11-14-27)23(30)26-17-28(24)19-6-4-3-5-7-19/h3-9,16H,10-15,17H2,1-2H3,(H,25,29)(H,26,30). The fourth-order valence-corrected chi connectivity index (χ4v) is 4.59. The average molecular weight is 439 g/mol. The molecule has 0 bridgehead atoms. The first-order valence-electron chi connectivity index (χ1n) is 10.9. The van der Waals surface area contributed by atoms with Crippen LogP contribution in [0.5, 0.6) is 11.5 Å². The number of carbonyl (C=O) groups excluding carboxylic acids is 2. The number of methoxy groups -OCH3 is 2. The lowest BCUT2D eigenvalue weighted by atomic mass is 9.85. The van der Waals surface area contributed by atoms with Crippen LogP contribution in [0.15, 0.2) is 48.5 Å². The van der Waals surface area contributed by atoms with Crippen molar-refractivity contribution in [2.24, 2.45) is 0 Å². The van der Waals surface area contributed by atoms with Gasteiger partial charge in [-0.05, 0) is 43.2 Å². The van der Waals surface area contributed by atoms with Gasteiger partial charge in [0, 0.05) is 37.4 Å². The van der Waals surface area contributed by atoms with Gasteiger partial charge < -0.3 is 29.9 Å². The van der Waals surface area contributed by atoms with Crippen LogP contribution in [0.2, 0.25) is 0 Å². The second-order valence-electron chi connectivity index (χ2n) is 8.13. The molecule has 0 unspecified atom stereocenters. The second-order valence-corrected chi connectivity index (χ2v) is 8.13. The maximum atomic E-state index is 12.8. The highest BCUT2D eigenvalue weighted by atomic mass is 16.5. The lowest BCUT2D eigenvalue weighted by Gasteiger charge is -2.43. The Bertz CT molecular complexity index is 958. The van der Waals surface area contributed by atoms with Gasteiger partial charge in [-0.15, -0.1) is 0 Å². The third-order valence-electron chi connectivity index (χ3n) is 6.45. The van der Waals surface area contributed by atoms with Crippen LogP contribution in [0.4, 0.5) is 5.69 Å². The number of benzene rings is 2. The van der Waals surface area contributed by atoms with E-state index in [-0.39, 0.29) is 11.8 Å². The van der Waals surface area contributed by atoms with E-state index in [9.17, 15) is 9.59 Å². The summed E-state index contributed by atoms with van der Waals surface area (Å²) in [5.41, 5.74) is 1.11. The van der Waals surface area contributed by atoms with Crippen LogP contribution in [-0.4, -0.2) is 69.3 Å². The molecule has 2 aliphatic heterocycles. The summed E-state index contributed by atoms with van der Waals surface area (Å²) in [5, 5.41) is 6.00. The molecular formula is C24H30N4O4. The molecule has 32 heavy (non-hydrogen) atoms. The Kier molecular flexibility index (Phi) is 6.50. The molecular weight excluding hydrogens is 408 g/mol. The quantitative estimate of drug-likeness (QED) is 0.687. The van der Waals surface area contributed by atoms with Crippen LogP contribution in [0.1, 0.15) is 23.2 Å². The van der Waals surface area contributed by atoms with Crippen molar-refractivity contribution in [3.63, 3.8) is 0 Å². The summed E-state index contributed by atoms with van der Waals surface area (Å²) in [6.07, 6.45) is 1.52. The van der Waals surface area contributed by atoms with Gasteiger partial charge in [0.25, 0.3) is 5.91 Å². The molecule has 2 fully saturated rings. The SMILES string of the molecule is COc1ccc(C(=O)NCCN2CCC3(CC2)C(=O)NCN3c2ccccc2)cc1OC. The number of piperidine rings is 1. The van der Waals surface area contributed by atoms with E-state index in [2.05, 4.69) is 32.6 Å². The van der Waals surface area contributed by atoms with E-state index in [4.69, 9.17) is 9.47 Å². The predicted octanol–water partition coefficient (Wildman–Crippen LogP) is 1.86. The number of rotatable bonds is 7. The Hall–Kier alpha value is -3.26. The number of hydrogen-bond donors (Lipinski definition) is 2. The molecule has 170 valence electrons. The van der Waals surface area contributed by atoms with E-state index in [1.807, 2.05) is 18.2 Å². The fourth-order valence-electron chi connectivity index (χ4n) is 4.59. The minimum Gasteiger partial charge on any atom is -0.493 e. The first-order chi connectivity index (χ1) is 15.6. The molecule has 8 nitrogen and oxygen atoms in total. The average Bonchev–Trinajstić information content (AvgIpc) is 3.15. The van der Waals surface area contributed by atoms with Crippen molar-refractivity contribution in [2.75, 3.05) is 52.0 Å². The number of para-hydroxylation sites is 1. The first-order valence-corrected chi connectivity index (χ1v) is 10.9. The zero-order chi connectivity index (χ0) is 22.6. The van der Waals surface area contributed by atoms with Gasteiger partial charge in [-0.1, -0.05) is 18.2 Å². The predicted molar refractivity (Wildman–Crippen MR) is 122 cm³/mol. The summed E-state index contributed by atoms with van der Waals surface area (Å²) in [6.45, 7) is 3.44. The molecule has 0 atom stereocenters. The van der Waals surface area contributed by atoms with E-state index in [0.29, 0.717) is 30.3 Å². The van der Waals surface area contributed by atoms with E-state index in [1.54, 1.807) is 32.4 Å². The Morgan fingerprint density at radius 1 is 1.06 bits per heavy atom. The van der Waals surface area contributed by atoms with Crippen LogP contribution in [0.25, 0.3) is 0 Å². The summed E-state index contributed by atoms with van der Waals surface area (Å²) >= 11 is 0. The summed E-state index contributed by atoms with van der Waals surface area (Å²) in [7, 11) is 3.11. The summed E-state index contributed by atoms with van der Waals surface area (Å²) in [4.78, 5) is 29.8. The highest BCUT2D eigenvalue weighted by Gasteiger charge is 2.50. The normalized spacial score (nSPS) is 17.8. The molecule has 2 saturated heterocycles. The van der Waals surface area contributed by atoms with Crippen molar-refractivity contribution in [3.8, 4) is 11.5 Å². The molecule has 2 aromatic carbocycles. The number of likely N-dealkylation sites (tertiary alicyclic amines) is 1. The molecule has 0 saturated carbocycles. The number of nitrogens with one attached hydrogen (secondary N) is 2. The third-order valence-corrected chi connectivity index (χ3v) is 6.45. The molecule has 2 aromatic rings. The fraction of sp³-hybridized carbons (Fsp3) is 0.417. The number of nitrogens with zero attached hydrogens (tertiary/aromatic N) is 2. The van der Waals surface area contributed by atoms with Crippen molar-refractivity contribution < 1.29 is 19.1 Å². The topological polar surface area (TPSA) is 83.1 Å². The van der Waals surface area contributed by atoms with Crippen molar-refractivity contribution in [1.82, 2.24) is 15.5 Å². The third kappa shape index (κ3) is 4.23. The zero-order valence-electron chi connectivity index (χ0n) is 18.6. The van der Waals surface area contributed by atoms with E-state index < -0.39 is 5.54 Å². The summed E-state index contributed by atoms with van der Waals surface area (Å²) in [5.74, 6) is 1.08. The number of amides is 2. The van der Waals surface area contributed by atoms with Gasteiger partial charge in [0.2, 0.25) is 5.91 Å². The van der Waals surface area contributed by atoms with Crippen molar-refractivity contribution in [2.45, 2.75) is 18.4 Å². The first kappa shape index (κ1) is 22.0. The molecule has 2 aliphatic rings. The monoisotopic (exact) mass is 438 g/mol. The molecule has 2 N–H and O–H groups in total. The molecule has 0 aromatic heterocycles. The van der Waals surface area contributed by atoms with E-state index >= 15 is 0 Å². The number of hydrogen-bond acceptors (Lipinski definition) is 6. The Morgan fingerprint density at radius 2 is 1.78 bits per heavy atom. The number of anilines is 1. The lowest BCUT2D eigenvalue weighted by molar-refractivity contribution is -0.125. The Labute approximate surface area is 188 Å². The van der Waals surface area contributed by atoms with Crippen molar-refractivity contribution in [3.05, 3.63) is 54.1 Å². The zero-order valence-corrected chi connectivity index (χ0v) is 18.6. The van der Waals surface area contributed by atoms with Crippen LogP contribution in [-0.2, 0) is 4.79 Å². The minimum absolute atomic E-state index is 0.114. The largest absolute Gasteiger partial charge is 0.493 e. The lowest BCUT2D eigenvalue weighted by Crippen LogP contribution is -2.57. The summed E-state index contributed by atoms with van der Waals surface area (Å²) in [6, 6.07) is 15.2. The molecule has 0 aliphatic carbocycles. The summed E-state index contributed by atoms with van der Waals surface area (Å²) < 4.78 is 10.5. The van der Waals surface area contributed by atoms with Crippen LogP contribution in [0, 0.1) is 0 Å². The van der Waals surface area contributed by atoms with Crippen molar-refractivity contribution >= 4 is 17.5 Å². The van der Waals surface area contributed by atoms with E-state index in [0.717, 1.165) is 38.2 Å². The highest BCUT2D eigenvalue weighted by Crippen LogP contribution is 2.36. The molecule has 2 amide bonds. The van der Waals surface area contributed by atoms with Crippen LogP contribution >= 0.6 is 0 Å². The molecule has 4 rings (SSSR count). The van der Waals surface area contributed by atoms with Gasteiger partial charge in [-0.3, -0.25) is 9.59 Å². The van der Waals surface area contributed by atoms with Gasteiger partial charge in [0.1, 0.15) is 5.54 Å². The maximum absolute atomic E-state index is 12.8. The number of ether oxygens (including phenoxy) is 2. The van der Waals surface area contributed by atoms with Crippen molar-refractivity contribution in [1.29, 1.82) is 0 Å². The van der Waals surface area contributed by atoms with Gasteiger partial charge in [0.15, 0.2) is 11.5 Å². The highest BCUT2D eigenvalue weighted by molar-refractivity contribution is 5.95. The van der Waals surface area contributed by atoms with Gasteiger partial charge in [0.05, 0.1) is 20.9 Å². The minimum atomic E-state index is -0.485. The van der Waals surface area contributed by atoms with Crippen LogP contribution in [0.3, 0.4) is 0 Å². The maximum Gasteiger partial charge on any atom is 0.251 e. The molecule has 0 radical (unpaired) electrons. The van der Waals surface area contributed by atoms with Crippen LogP contribution < -0.4 is 25.0 Å². The van der Waals surface area contributed by atoms with E-state index in [1.165, 1.54) is 0 Å². The number of carbonyl (C=O) groups is 2. The second kappa shape index (κ2) is 9.48. The Morgan fingerprint density at radius 3 is 2.47 bits per heavy atom. The molecule has 1 spiro atoms. The molecule has 2 heterocycles.